The summed E-state index contributed by atoms with van der Waals surface area (Å²) in [5, 5.41) is 4.43. The fourth-order valence-corrected chi connectivity index (χ4v) is 3.07. The maximum absolute atomic E-state index is 13.5. The van der Waals surface area contributed by atoms with E-state index in [1.165, 1.54) is 4.68 Å². The summed E-state index contributed by atoms with van der Waals surface area (Å²) in [6, 6.07) is 11.2. The van der Waals surface area contributed by atoms with Crippen LogP contribution in [0, 0.1) is 23.8 Å². The maximum atomic E-state index is 13.5. The molecule has 0 atom stereocenters. The zero-order valence-electron chi connectivity index (χ0n) is 15.9. The minimum atomic E-state index is -0.951. The lowest BCUT2D eigenvalue weighted by atomic mass is 9.85. The van der Waals surface area contributed by atoms with Gasteiger partial charge < -0.3 is 0 Å². The van der Waals surface area contributed by atoms with Crippen molar-refractivity contribution < 1.29 is 17.6 Å². The number of pyridine rings is 3. The second kappa shape index (κ2) is 7.33. The lowest BCUT2D eigenvalue weighted by Crippen LogP contribution is -2.22. The molecule has 0 radical (unpaired) electrons. The predicted molar refractivity (Wildman–Crippen MR) is 101 cm³/mol. The number of hydrogen-bond acceptors (Lipinski definition) is 4. The van der Waals surface area contributed by atoms with Crippen molar-refractivity contribution in [2.45, 2.75) is 19.3 Å². The van der Waals surface area contributed by atoms with Crippen LogP contribution in [0.4, 0.5) is 17.6 Å². The molecule has 0 aromatic carbocycles. The van der Waals surface area contributed by atoms with Crippen LogP contribution in [0.15, 0.2) is 54.7 Å². The van der Waals surface area contributed by atoms with Gasteiger partial charge in [0.2, 0.25) is 23.8 Å². The van der Waals surface area contributed by atoms with Crippen molar-refractivity contribution in [2.24, 2.45) is 0 Å². The van der Waals surface area contributed by atoms with E-state index in [1.54, 1.807) is 30.5 Å². The van der Waals surface area contributed by atoms with Gasteiger partial charge in [0.25, 0.3) is 0 Å². The molecule has 0 aliphatic heterocycles. The second-order valence-electron chi connectivity index (χ2n) is 7.15. The normalized spacial score (nSPS) is 11.7. The molecular weight excluding hydrogens is 398 g/mol. The molecule has 0 aliphatic carbocycles. The Labute approximate surface area is 169 Å². The van der Waals surface area contributed by atoms with Gasteiger partial charge in [-0.25, -0.2) is 4.68 Å². The summed E-state index contributed by atoms with van der Waals surface area (Å²) in [4.78, 5) is 10.7. The van der Waals surface area contributed by atoms with Crippen LogP contribution in [0.1, 0.15) is 25.2 Å². The summed E-state index contributed by atoms with van der Waals surface area (Å²) < 4.78 is 55.1. The number of rotatable bonds is 4. The molecule has 0 amide bonds. The van der Waals surface area contributed by atoms with Crippen LogP contribution in [-0.2, 0) is 5.41 Å². The standard InChI is InChI=1S/C21H15F4N5/c1-21(2,16-6-7-30(29-16)13-10-19(24)28-20(25)11-13)15-5-3-4-14(26-15)12-8-17(22)27-18(23)9-12/h3-11H,1-2H3. The van der Waals surface area contributed by atoms with Gasteiger partial charge in [-0.05, 0) is 32.0 Å². The number of hydrogen-bond donors (Lipinski definition) is 0. The van der Waals surface area contributed by atoms with Crippen LogP contribution >= 0.6 is 0 Å². The van der Waals surface area contributed by atoms with Crippen molar-refractivity contribution in [3.8, 4) is 16.9 Å². The Balaban J connectivity index is 1.71. The first-order valence-corrected chi connectivity index (χ1v) is 8.93. The van der Waals surface area contributed by atoms with Gasteiger partial charge in [-0.15, -0.1) is 0 Å². The quantitative estimate of drug-likeness (QED) is 0.362. The molecule has 5 nitrogen and oxygen atoms in total. The van der Waals surface area contributed by atoms with Crippen LogP contribution in [0.25, 0.3) is 16.9 Å². The molecule has 0 aliphatic rings. The molecular formula is C21H15F4N5. The first-order chi connectivity index (χ1) is 14.2. The van der Waals surface area contributed by atoms with E-state index in [4.69, 9.17) is 0 Å². The third-order valence-corrected chi connectivity index (χ3v) is 4.69. The van der Waals surface area contributed by atoms with E-state index in [0.717, 1.165) is 24.3 Å². The molecule has 4 heterocycles. The van der Waals surface area contributed by atoms with Gasteiger partial charge in [-0.1, -0.05) is 6.07 Å². The van der Waals surface area contributed by atoms with E-state index < -0.39 is 29.2 Å². The van der Waals surface area contributed by atoms with Crippen LogP contribution < -0.4 is 0 Å². The number of nitrogens with zero attached hydrogens (tertiary/aromatic N) is 5. The zero-order chi connectivity index (χ0) is 21.5. The lowest BCUT2D eigenvalue weighted by molar-refractivity contribution is 0.509. The second-order valence-corrected chi connectivity index (χ2v) is 7.15. The van der Waals surface area contributed by atoms with Gasteiger partial charge in [0, 0.05) is 36.0 Å². The fraction of sp³-hybridized carbons (Fsp3) is 0.143. The summed E-state index contributed by atoms with van der Waals surface area (Å²) in [6.07, 6.45) is 1.57. The number of halogens is 4. The molecule has 30 heavy (non-hydrogen) atoms. The molecule has 0 saturated carbocycles. The van der Waals surface area contributed by atoms with Gasteiger partial charge in [0.05, 0.1) is 28.2 Å². The van der Waals surface area contributed by atoms with Gasteiger partial charge in [0.1, 0.15) is 0 Å². The first kappa shape index (κ1) is 19.7. The molecule has 4 aromatic heterocycles. The average molecular weight is 413 g/mol. The molecule has 0 N–H and O–H groups in total. The molecule has 0 fully saturated rings. The van der Waals surface area contributed by atoms with E-state index in [9.17, 15) is 17.6 Å². The van der Waals surface area contributed by atoms with Crippen LogP contribution in [-0.4, -0.2) is 24.7 Å². The Morgan fingerprint density at radius 3 is 1.97 bits per heavy atom. The van der Waals surface area contributed by atoms with Gasteiger partial charge >= 0.3 is 0 Å². The Hall–Kier alpha value is -3.62. The zero-order valence-corrected chi connectivity index (χ0v) is 15.9. The molecule has 0 spiro atoms. The highest BCUT2D eigenvalue weighted by molar-refractivity contribution is 5.59. The van der Waals surface area contributed by atoms with E-state index in [-0.39, 0.29) is 11.3 Å². The van der Waals surface area contributed by atoms with Crippen molar-refractivity contribution in [1.29, 1.82) is 0 Å². The first-order valence-electron chi connectivity index (χ1n) is 8.93. The summed E-state index contributed by atoms with van der Waals surface area (Å²) in [5.41, 5.74) is 1.28. The topological polar surface area (TPSA) is 56.5 Å². The van der Waals surface area contributed by atoms with Crippen molar-refractivity contribution >= 4 is 0 Å². The van der Waals surface area contributed by atoms with E-state index >= 15 is 0 Å². The molecule has 0 bridgehead atoms. The molecule has 0 saturated heterocycles. The van der Waals surface area contributed by atoms with Crippen molar-refractivity contribution in [2.75, 3.05) is 0 Å². The largest absolute Gasteiger partial charge is 0.252 e. The summed E-state index contributed by atoms with van der Waals surface area (Å²) in [5.74, 6) is -3.78. The molecule has 4 aromatic rings. The predicted octanol–water partition coefficient (Wildman–Crippen LogP) is 4.61. The average Bonchev–Trinajstić information content (AvgIpc) is 3.18. The Morgan fingerprint density at radius 1 is 0.733 bits per heavy atom. The molecule has 4 rings (SSSR count). The molecule has 9 heteroatoms. The van der Waals surface area contributed by atoms with E-state index in [2.05, 4.69) is 20.1 Å². The lowest BCUT2D eigenvalue weighted by Gasteiger charge is -2.22. The summed E-state index contributed by atoms with van der Waals surface area (Å²) >= 11 is 0. The minimum Gasteiger partial charge on any atom is -0.252 e. The minimum absolute atomic E-state index is 0.187. The van der Waals surface area contributed by atoms with Crippen molar-refractivity contribution in [3.05, 3.63) is 89.9 Å². The highest BCUT2D eigenvalue weighted by Gasteiger charge is 2.28. The SMILES string of the molecule is CC(C)(c1cccc(-c2cc(F)nc(F)c2)n1)c1ccn(-c2cc(F)nc(F)c2)n1. The Kier molecular flexibility index (Phi) is 4.81. The summed E-state index contributed by atoms with van der Waals surface area (Å²) in [6.45, 7) is 3.74. The maximum Gasteiger partial charge on any atom is 0.217 e. The molecule has 0 unspecified atom stereocenters. The smallest absolute Gasteiger partial charge is 0.217 e. The summed E-state index contributed by atoms with van der Waals surface area (Å²) in [7, 11) is 0. The molecule has 152 valence electrons. The van der Waals surface area contributed by atoms with E-state index in [0.29, 0.717) is 17.1 Å². The van der Waals surface area contributed by atoms with Crippen LogP contribution in [0.5, 0.6) is 0 Å². The van der Waals surface area contributed by atoms with Crippen molar-refractivity contribution in [3.63, 3.8) is 0 Å². The van der Waals surface area contributed by atoms with Crippen molar-refractivity contribution in [1.82, 2.24) is 24.7 Å². The monoisotopic (exact) mass is 413 g/mol. The van der Waals surface area contributed by atoms with Gasteiger partial charge in [-0.2, -0.15) is 32.6 Å². The third kappa shape index (κ3) is 3.78. The Bertz CT molecular complexity index is 1200. The fourth-order valence-electron chi connectivity index (χ4n) is 3.07. The van der Waals surface area contributed by atoms with E-state index in [1.807, 2.05) is 13.8 Å². The van der Waals surface area contributed by atoms with Crippen LogP contribution in [0.2, 0.25) is 0 Å². The highest BCUT2D eigenvalue weighted by atomic mass is 19.1. The third-order valence-electron chi connectivity index (χ3n) is 4.69. The highest BCUT2D eigenvalue weighted by Crippen LogP contribution is 2.31. The number of aromatic nitrogens is 5. The van der Waals surface area contributed by atoms with Gasteiger partial charge in [-0.3, -0.25) is 4.98 Å². The Morgan fingerprint density at radius 2 is 1.33 bits per heavy atom. The van der Waals surface area contributed by atoms with Gasteiger partial charge in [0.15, 0.2) is 0 Å². The van der Waals surface area contributed by atoms with Crippen LogP contribution in [0.3, 0.4) is 0 Å².